The Kier molecular flexibility index (Phi) is 5.98. The Hall–Kier alpha value is -3.74. The van der Waals surface area contributed by atoms with Crippen LogP contribution in [0.4, 0.5) is 0 Å². The molecule has 0 aromatic heterocycles. The molecule has 4 aromatic rings. The van der Waals surface area contributed by atoms with Gasteiger partial charge in [-0.15, -0.1) is 0 Å². The van der Waals surface area contributed by atoms with Crippen molar-refractivity contribution < 1.29 is 0 Å². The van der Waals surface area contributed by atoms with Crippen molar-refractivity contribution in [3.8, 4) is 23.7 Å². The zero-order valence-electron chi connectivity index (χ0n) is 17.5. The molecular weight excluding hydrogens is 360 g/mol. The highest BCUT2D eigenvalue weighted by Gasteiger charge is 2.02. The molecule has 4 rings (SSSR count). The van der Waals surface area contributed by atoms with Gasteiger partial charge in [-0.1, -0.05) is 91.1 Å². The van der Waals surface area contributed by atoms with E-state index in [4.69, 9.17) is 0 Å². The molecule has 0 saturated carbocycles. The average Bonchev–Trinajstić information content (AvgIpc) is 2.79. The van der Waals surface area contributed by atoms with Crippen LogP contribution in [0.1, 0.15) is 46.7 Å². The highest BCUT2D eigenvalue weighted by Crippen LogP contribution is 2.22. The number of aryl methyl sites for hydroxylation is 2. The lowest BCUT2D eigenvalue weighted by atomic mass is 9.99. The summed E-state index contributed by atoms with van der Waals surface area (Å²) in [4.78, 5) is 0. The fraction of sp³-hybridized carbons (Fsp3) is 0.133. The molecule has 0 atom stereocenters. The molecule has 0 heterocycles. The van der Waals surface area contributed by atoms with Crippen LogP contribution in [0.3, 0.4) is 0 Å². The summed E-state index contributed by atoms with van der Waals surface area (Å²) in [5.41, 5.74) is 6.74. The molecule has 0 spiro atoms. The monoisotopic (exact) mass is 384 g/mol. The minimum Gasteiger partial charge on any atom is -0.0651 e. The molecule has 0 nitrogen and oxygen atoms in total. The molecule has 0 heteroatoms. The van der Waals surface area contributed by atoms with E-state index < -0.39 is 0 Å². The largest absolute Gasteiger partial charge is 0.0651 e. The number of benzene rings is 4. The maximum atomic E-state index is 3.36. The van der Waals surface area contributed by atoms with Crippen LogP contribution in [0.5, 0.6) is 0 Å². The van der Waals surface area contributed by atoms with Gasteiger partial charge in [0.1, 0.15) is 0 Å². The highest BCUT2D eigenvalue weighted by atomic mass is 14.0. The van der Waals surface area contributed by atoms with Gasteiger partial charge in [-0.2, -0.15) is 0 Å². The average molecular weight is 385 g/mol. The van der Waals surface area contributed by atoms with E-state index in [1.807, 2.05) is 0 Å². The van der Waals surface area contributed by atoms with E-state index in [0.29, 0.717) is 0 Å². The third kappa shape index (κ3) is 4.63. The minimum atomic E-state index is 1.03. The molecule has 4 aromatic carbocycles. The normalized spacial score (nSPS) is 10.1. The van der Waals surface area contributed by atoms with E-state index >= 15 is 0 Å². The summed E-state index contributed by atoms with van der Waals surface area (Å²) in [6, 6.07) is 29.4. The van der Waals surface area contributed by atoms with Crippen LogP contribution in [0.25, 0.3) is 10.8 Å². The van der Waals surface area contributed by atoms with Gasteiger partial charge in [-0.3, -0.25) is 0 Å². The van der Waals surface area contributed by atoms with Crippen molar-refractivity contribution in [2.45, 2.75) is 26.7 Å². The standard InChI is InChI=1S/C30H24/c1-3-6-24-13-15-26(16-14-24)18-20-28-22-21-27(29-7-4-5-8-30(28)29)19-17-25-11-9-23(2)10-12-25/h4-5,7-16,21-22H,3,6H2,1-2H3. The molecule has 144 valence electrons. The van der Waals surface area contributed by atoms with Crippen molar-refractivity contribution in [3.63, 3.8) is 0 Å². The van der Waals surface area contributed by atoms with Gasteiger partial charge in [0.05, 0.1) is 0 Å². The summed E-state index contributed by atoms with van der Waals surface area (Å²) in [6.07, 6.45) is 2.28. The third-order valence-electron chi connectivity index (χ3n) is 5.15. The molecule has 0 amide bonds. The summed E-state index contributed by atoms with van der Waals surface area (Å²) >= 11 is 0. The van der Waals surface area contributed by atoms with Crippen LogP contribution in [0.2, 0.25) is 0 Å². The van der Waals surface area contributed by atoms with Crippen molar-refractivity contribution in [1.29, 1.82) is 0 Å². The van der Waals surface area contributed by atoms with Crippen molar-refractivity contribution >= 4 is 10.8 Å². The first-order valence-corrected chi connectivity index (χ1v) is 10.4. The lowest BCUT2D eigenvalue weighted by molar-refractivity contribution is 0.922. The Morgan fingerprint density at radius 3 is 1.57 bits per heavy atom. The topological polar surface area (TPSA) is 0 Å². The van der Waals surface area contributed by atoms with Gasteiger partial charge in [-0.05, 0) is 66.1 Å². The summed E-state index contributed by atoms with van der Waals surface area (Å²) < 4.78 is 0. The Bertz CT molecular complexity index is 1280. The van der Waals surface area contributed by atoms with Crippen molar-refractivity contribution in [2.24, 2.45) is 0 Å². The maximum Gasteiger partial charge on any atom is 0.0328 e. The third-order valence-corrected chi connectivity index (χ3v) is 5.15. The zero-order chi connectivity index (χ0) is 20.8. The smallest absolute Gasteiger partial charge is 0.0328 e. The van der Waals surface area contributed by atoms with Gasteiger partial charge < -0.3 is 0 Å². The Morgan fingerprint density at radius 2 is 1.07 bits per heavy atom. The number of rotatable bonds is 2. The first-order chi connectivity index (χ1) is 14.7. The molecule has 0 radical (unpaired) electrons. The lowest BCUT2D eigenvalue weighted by Crippen LogP contribution is -1.86. The summed E-state index contributed by atoms with van der Waals surface area (Å²) in [5.74, 6) is 13.3. The van der Waals surface area contributed by atoms with E-state index in [1.54, 1.807) is 0 Å². The van der Waals surface area contributed by atoms with Crippen molar-refractivity contribution in [1.82, 2.24) is 0 Å². The molecule has 0 aliphatic rings. The van der Waals surface area contributed by atoms with Crippen molar-refractivity contribution in [3.05, 3.63) is 118 Å². The minimum absolute atomic E-state index is 1.03. The second kappa shape index (κ2) is 9.17. The van der Waals surface area contributed by atoms with E-state index in [9.17, 15) is 0 Å². The van der Waals surface area contributed by atoms with Gasteiger partial charge in [0, 0.05) is 22.3 Å². The van der Waals surface area contributed by atoms with Gasteiger partial charge in [0.15, 0.2) is 0 Å². The molecule has 0 bridgehead atoms. The first kappa shape index (κ1) is 19.6. The summed E-state index contributed by atoms with van der Waals surface area (Å²) in [5, 5.41) is 2.28. The highest BCUT2D eigenvalue weighted by molar-refractivity contribution is 5.93. The van der Waals surface area contributed by atoms with Crippen LogP contribution >= 0.6 is 0 Å². The summed E-state index contributed by atoms with van der Waals surface area (Å²) in [6.45, 7) is 4.29. The van der Waals surface area contributed by atoms with Crippen LogP contribution in [0.15, 0.2) is 84.9 Å². The molecular formula is C30H24. The zero-order valence-corrected chi connectivity index (χ0v) is 17.5. The van der Waals surface area contributed by atoms with Crippen LogP contribution in [-0.2, 0) is 6.42 Å². The predicted molar refractivity (Wildman–Crippen MR) is 128 cm³/mol. The Labute approximate surface area is 179 Å². The molecule has 0 aliphatic carbocycles. The van der Waals surface area contributed by atoms with Gasteiger partial charge in [0.25, 0.3) is 0 Å². The fourth-order valence-electron chi connectivity index (χ4n) is 3.48. The SMILES string of the molecule is CCCc1ccc(C#Cc2ccc(C#Cc3ccc(C)cc3)c3ccccc23)cc1. The van der Waals surface area contributed by atoms with E-state index in [0.717, 1.165) is 45.9 Å². The summed E-state index contributed by atoms with van der Waals surface area (Å²) in [7, 11) is 0. The lowest BCUT2D eigenvalue weighted by Gasteiger charge is -2.04. The van der Waals surface area contributed by atoms with E-state index in [1.165, 1.54) is 11.1 Å². The van der Waals surface area contributed by atoms with Gasteiger partial charge >= 0.3 is 0 Å². The van der Waals surface area contributed by atoms with Crippen molar-refractivity contribution in [2.75, 3.05) is 0 Å². The Morgan fingerprint density at radius 1 is 0.567 bits per heavy atom. The Balaban J connectivity index is 1.67. The quantitative estimate of drug-likeness (QED) is 0.330. The number of fused-ring (bicyclic) bond motifs is 1. The molecule has 0 fully saturated rings. The number of hydrogen-bond donors (Lipinski definition) is 0. The second-order valence-corrected chi connectivity index (χ2v) is 7.52. The molecule has 0 N–H and O–H groups in total. The maximum absolute atomic E-state index is 3.36. The number of hydrogen-bond acceptors (Lipinski definition) is 0. The van der Waals surface area contributed by atoms with Crippen LogP contribution in [-0.4, -0.2) is 0 Å². The van der Waals surface area contributed by atoms with Gasteiger partial charge in [0.2, 0.25) is 0 Å². The molecule has 0 aliphatic heterocycles. The van der Waals surface area contributed by atoms with E-state index in [2.05, 4.69) is 122 Å². The van der Waals surface area contributed by atoms with E-state index in [-0.39, 0.29) is 0 Å². The molecule has 0 saturated heterocycles. The van der Waals surface area contributed by atoms with Crippen LogP contribution < -0.4 is 0 Å². The van der Waals surface area contributed by atoms with Crippen LogP contribution in [0, 0.1) is 30.6 Å². The molecule has 30 heavy (non-hydrogen) atoms. The second-order valence-electron chi connectivity index (χ2n) is 7.52. The predicted octanol–water partition coefficient (Wildman–Crippen LogP) is 6.90. The van der Waals surface area contributed by atoms with Gasteiger partial charge in [-0.25, -0.2) is 0 Å². The molecule has 0 unspecified atom stereocenters. The fourth-order valence-corrected chi connectivity index (χ4v) is 3.48. The first-order valence-electron chi connectivity index (χ1n) is 10.4.